The molecule has 0 N–H and O–H groups in total. The van der Waals surface area contributed by atoms with E-state index >= 15 is 0 Å². The molecule has 2 aromatic rings. The Balaban J connectivity index is 1.98. The van der Waals surface area contributed by atoms with Crippen LogP contribution in [0.5, 0.6) is 0 Å². The Labute approximate surface area is 170 Å². The van der Waals surface area contributed by atoms with Gasteiger partial charge in [0.05, 0.1) is 9.80 Å². The predicted octanol–water partition coefficient (Wildman–Crippen LogP) is 4.30. The van der Waals surface area contributed by atoms with Crippen LogP contribution in [0.4, 0.5) is 0 Å². The van der Waals surface area contributed by atoms with E-state index in [2.05, 4.69) is 26.9 Å². The minimum Gasteiger partial charge on any atom is -0.282 e. The maximum atomic E-state index is 12.7. The van der Waals surface area contributed by atoms with Crippen LogP contribution < -0.4 is 0 Å². The summed E-state index contributed by atoms with van der Waals surface area (Å²) >= 11 is 4.40. The Hall–Kier alpha value is -2.16. The van der Waals surface area contributed by atoms with Gasteiger partial charge in [0.15, 0.2) is 5.17 Å². The molecule has 1 aliphatic rings. The second kappa shape index (κ2) is 8.24. The van der Waals surface area contributed by atoms with Gasteiger partial charge in [-0.3, -0.25) is 9.69 Å². The first-order chi connectivity index (χ1) is 12.9. The molecule has 1 saturated heterocycles. The van der Waals surface area contributed by atoms with E-state index < -0.39 is 10.0 Å². The molecule has 0 radical (unpaired) electrons. The van der Waals surface area contributed by atoms with Crippen LogP contribution in [0.3, 0.4) is 0 Å². The summed E-state index contributed by atoms with van der Waals surface area (Å²) in [5.41, 5.74) is 0.833. The number of amidine groups is 1. The van der Waals surface area contributed by atoms with E-state index in [1.165, 1.54) is 23.1 Å². The summed E-state index contributed by atoms with van der Waals surface area (Å²) in [5.74, 6) is -0.301. The summed E-state index contributed by atoms with van der Waals surface area (Å²) in [7, 11) is -3.91. The molecule has 1 heterocycles. The molecule has 27 heavy (non-hydrogen) atoms. The standard InChI is InChI=1S/C19H15BrN2O3S2/c1-2-12-22-18(23)17(13-14-8-10-15(20)11-9-14)26-19(22)21-27(24,25)16-6-4-3-5-7-16/h2-11,13H,1,12H2/b17-13-,21-19-. The molecule has 5 nitrogen and oxygen atoms in total. The highest BCUT2D eigenvalue weighted by Gasteiger charge is 2.34. The minimum absolute atomic E-state index is 0.0782. The molecule has 3 rings (SSSR count). The van der Waals surface area contributed by atoms with E-state index in [-0.39, 0.29) is 22.5 Å². The van der Waals surface area contributed by atoms with Gasteiger partial charge in [-0.1, -0.05) is 52.3 Å². The highest BCUT2D eigenvalue weighted by Crippen LogP contribution is 2.33. The van der Waals surface area contributed by atoms with Crippen LogP contribution in [0.25, 0.3) is 6.08 Å². The fourth-order valence-corrected chi connectivity index (χ4v) is 4.80. The molecule has 0 aliphatic carbocycles. The van der Waals surface area contributed by atoms with Gasteiger partial charge >= 0.3 is 0 Å². The smallest absolute Gasteiger partial charge is 0.282 e. The number of rotatable bonds is 5. The lowest BCUT2D eigenvalue weighted by atomic mass is 10.2. The second-order valence-electron chi connectivity index (χ2n) is 5.53. The van der Waals surface area contributed by atoms with Crippen LogP contribution >= 0.6 is 27.7 Å². The van der Waals surface area contributed by atoms with Crippen molar-refractivity contribution in [1.82, 2.24) is 4.90 Å². The van der Waals surface area contributed by atoms with Gasteiger partial charge in [-0.05, 0) is 47.7 Å². The number of carbonyl (C=O) groups excluding carboxylic acids is 1. The van der Waals surface area contributed by atoms with Crippen molar-refractivity contribution >= 4 is 54.9 Å². The zero-order valence-corrected chi connectivity index (χ0v) is 17.3. The van der Waals surface area contributed by atoms with Gasteiger partial charge in [0.2, 0.25) is 0 Å². The molecular formula is C19H15BrN2O3S2. The number of halogens is 1. The van der Waals surface area contributed by atoms with Gasteiger partial charge in [-0.25, -0.2) is 0 Å². The Kier molecular flexibility index (Phi) is 5.98. The van der Waals surface area contributed by atoms with Crippen molar-refractivity contribution in [3.8, 4) is 0 Å². The summed E-state index contributed by atoms with van der Waals surface area (Å²) < 4.78 is 29.9. The fraction of sp³-hybridized carbons (Fsp3) is 0.0526. The number of sulfonamides is 1. The molecule has 0 spiro atoms. The Morgan fingerprint density at radius 3 is 2.41 bits per heavy atom. The average Bonchev–Trinajstić information content (AvgIpc) is 2.93. The zero-order chi connectivity index (χ0) is 19.4. The summed E-state index contributed by atoms with van der Waals surface area (Å²) in [4.78, 5) is 14.5. The third kappa shape index (κ3) is 4.58. The highest BCUT2D eigenvalue weighted by atomic mass is 79.9. The van der Waals surface area contributed by atoms with Crippen LogP contribution in [0, 0.1) is 0 Å². The van der Waals surface area contributed by atoms with Crippen LogP contribution in [0.2, 0.25) is 0 Å². The van der Waals surface area contributed by atoms with Crippen LogP contribution in [0.1, 0.15) is 5.56 Å². The van der Waals surface area contributed by atoms with E-state index in [1.807, 2.05) is 24.3 Å². The summed E-state index contributed by atoms with van der Waals surface area (Å²) in [6.07, 6.45) is 3.25. The Morgan fingerprint density at radius 1 is 1.11 bits per heavy atom. The first-order valence-electron chi connectivity index (χ1n) is 7.88. The van der Waals surface area contributed by atoms with Gasteiger partial charge in [-0.15, -0.1) is 11.0 Å². The van der Waals surface area contributed by atoms with Crippen molar-refractivity contribution in [2.45, 2.75) is 4.90 Å². The molecule has 1 aliphatic heterocycles. The van der Waals surface area contributed by atoms with Crippen molar-refractivity contribution in [3.05, 3.63) is 82.2 Å². The van der Waals surface area contributed by atoms with Crippen molar-refractivity contribution in [2.24, 2.45) is 4.40 Å². The number of hydrogen-bond donors (Lipinski definition) is 0. The van der Waals surface area contributed by atoms with E-state index in [0.717, 1.165) is 21.8 Å². The molecule has 0 bridgehead atoms. The number of hydrogen-bond acceptors (Lipinski definition) is 4. The molecule has 8 heteroatoms. The monoisotopic (exact) mass is 462 g/mol. The topological polar surface area (TPSA) is 66.8 Å². The molecule has 1 amide bonds. The molecule has 0 unspecified atom stereocenters. The zero-order valence-electron chi connectivity index (χ0n) is 14.1. The largest absolute Gasteiger partial charge is 0.284 e. The first-order valence-corrected chi connectivity index (χ1v) is 10.9. The number of nitrogens with zero attached hydrogens (tertiary/aromatic N) is 2. The lowest BCUT2D eigenvalue weighted by molar-refractivity contribution is -0.121. The molecule has 2 aromatic carbocycles. The summed E-state index contributed by atoms with van der Waals surface area (Å²) in [6.45, 7) is 3.81. The van der Waals surface area contributed by atoms with Crippen LogP contribution in [0.15, 0.2) is 85.9 Å². The number of amides is 1. The molecule has 0 aromatic heterocycles. The third-order valence-corrected chi connectivity index (χ3v) is 6.54. The minimum atomic E-state index is -3.91. The Bertz CT molecular complexity index is 1030. The molecular weight excluding hydrogens is 448 g/mol. The highest BCUT2D eigenvalue weighted by molar-refractivity contribution is 9.10. The molecule has 1 fully saturated rings. The van der Waals surface area contributed by atoms with Gasteiger partial charge in [0, 0.05) is 11.0 Å². The van der Waals surface area contributed by atoms with Gasteiger partial charge in [-0.2, -0.15) is 8.42 Å². The lowest BCUT2D eigenvalue weighted by Gasteiger charge is -2.12. The van der Waals surface area contributed by atoms with Gasteiger partial charge in [0.1, 0.15) is 0 Å². The predicted molar refractivity (Wildman–Crippen MR) is 113 cm³/mol. The van der Waals surface area contributed by atoms with Crippen LogP contribution in [-0.2, 0) is 14.8 Å². The quantitative estimate of drug-likeness (QED) is 0.490. The number of thioether (sulfide) groups is 1. The van der Waals surface area contributed by atoms with Gasteiger partial charge < -0.3 is 0 Å². The molecule has 0 saturated carbocycles. The third-order valence-electron chi connectivity index (χ3n) is 3.61. The number of benzene rings is 2. The fourth-order valence-electron chi connectivity index (χ4n) is 2.32. The Morgan fingerprint density at radius 2 is 1.78 bits per heavy atom. The van der Waals surface area contributed by atoms with Crippen molar-refractivity contribution in [2.75, 3.05) is 6.54 Å². The average molecular weight is 463 g/mol. The number of carbonyl (C=O) groups is 1. The second-order valence-corrected chi connectivity index (χ2v) is 9.06. The van der Waals surface area contributed by atoms with Gasteiger partial charge in [0.25, 0.3) is 15.9 Å². The van der Waals surface area contributed by atoms with E-state index in [9.17, 15) is 13.2 Å². The van der Waals surface area contributed by atoms with Crippen molar-refractivity contribution in [3.63, 3.8) is 0 Å². The van der Waals surface area contributed by atoms with Crippen LogP contribution in [-0.4, -0.2) is 30.9 Å². The van der Waals surface area contributed by atoms with Crippen molar-refractivity contribution < 1.29 is 13.2 Å². The molecule has 0 atom stereocenters. The summed E-state index contributed by atoms with van der Waals surface area (Å²) in [6, 6.07) is 15.4. The first kappa shape index (κ1) is 19.6. The maximum absolute atomic E-state index is 12.7. The summed E-state index contributed by atoms with van der Waals surface area (Å²) in [5, 5.41) is 0.118. The van der Waals surface area contributed by atoms with E-state index in [1.54, 1.807) is 24.3 Å². The molecule has 138 valence electrons. The van der Waals surface area contributed by atoms with E-state index in [0.29, 0.717) is 4.91 Å². The van der Waals surface area contributed by atoms with E-state index in [4.69, 9.17) is 0 Å². The maximum Gasteiger partial charge on any atom is 0.284 e. The SMILES string of the molecule is C=CCN1C(=O)/C(=C/c2ccc(Br)cc2)S/C1=N\S(=O)(=O)c1ccccc1. The normalized spacial score (nSPS) is 17.7. The van der Waals surface area contributed by atoms with Crippen molar-refractivity contribution in [1.29, 1.82) is 0 Å². The lowest BCUT2D eigenvalue weighted by Crippen LogP contribution is -2.29.